The van der Waals surface area contributed by atoms with Crippen LogP contribution in [0.25, 0.3) is 0 Å². The molecule has 8 heteroatoms. The number of aromatic amines is 1. The molecule has 0 bridgehead atoms. The van der Waals surface area contributed by atoms with Crippen molar-refractivity contribution in [3.05, 3.63) is 40.3 Å². The molecule has 2 rings (SSSR count). The van der Waals surface area contributed by atoms with Crippen LogP contribution in [0.3, 0.4) is 0 Å². The van der Waals surface area contributed by atoms with Crippen molar-refractivity contribution in [3.8, 4) is 0 Å². The predicted octanol–water partition coefficient (Wildman–Crippen LogP) is 2.62. The quantitative estimate of drug-likeness (QED) is 0.915. The third-order valence-electron chi connectivity index (χ3n) is 2.69. The number of nitrogens with one attached hydrogen (secondary N) is 2. The van der Waals surface area contributed by atoms with Crippen molar-refractivity contribution in [1.82, 2.24) is 10.2 Å². The van der Waals surface area contributed by atoms with Crippen molar-refractivity contribution in [2.45, 2.75) is 18.7 Å². The van der Waals surface area contributed by atoms with Crippen LogP contribution in [0.1, 0.15) is 11.3 Å². The molecule has 19 heavy (non-hydrogen) atoms. The van der Waals surface area contributed by atoms with Crippen LogP contribution in [0, 0.1) is 19.7 Å². The molecule has 0 radical (unpaired) electrons. The third kappa shape index (κ3) is 2.71. The second kappa shape index (κ2) is 4.82. The SMILES string of the molecule is Cc1[nH]nc(NS(=O)(=O)c2ccc(F)c(Cl)c2)c1C. The van der Waals surface area contributed by atoms with Gasteiger partial charge in [0.2, 0.25) is 0 Å². The van der Waals surface area contributed by atoms with Gasteiger partial charge in [0.25, 0.3) is 10.0 Å². The normalized spacial score (nSPS) is 11.6. The van der Waals surface area contributed by atoms with Crippen LogP contribution in [-0.2, 0) is 10.0 Å². The largest absolute Gasteiger partial charge is 0.280 e. The standard InChI is InChI=1S/C11H11ClFN3O2S/c1-6-7(2)14-15-11(6)16-19(17,18)8-3-4-10(13)9(12)5-8/h3-5H,1-2H3,(H2,14,15,16). The van der Waals surface area contributed by atoms with Gasteiger partial charge in [-0.3, -0.25) is 9.82 Å². The first-order valence-corrected chi connectivity index (χ1v) is 7.17. The Morgan fingerprint density at radius 3 is 2.58 bits per heavy atom. The second-order valence-corrected chi connectivity index (χ2v) is 6.09. The van der Waals surface area contributed by atoms with Gasteiger partial charge in [0, 0.05) is 11.3 Å². The average Bonchev–Trinajstić information content (AvgIpc) is 2.64. The van der Waals surface area contributed by atoms with Gasteiger partial charge in [-0.2, -0.15) is 5.10 Å². The lowest BCUT2D eigenvalue weighted by atomic mass is 10.3. The van der Waals surface area contributed by atoms with Gasteiger partial charge in [-0.25, -0.2) is 12.8 Å². The van der Waals surface area contributed by atoms with Crippen LogP contribution < -0.4 is 4.72 Å². The molecule has 0 saturated heterocycles. The molecule has 0 amide bonds. The van der Waals surface area contributed by atoms with Gasteiger partial charge in [0.05, 0.1) is 9.92 Å². The summed E-state index contributed by atoms with van der Waals surface area (Å²) in [6.07, 6.45) is 0. The van der Waals surface area contributed by atoms with E-state index in [9.17, 15) is 12.8 Å². The zero-order valence-electron chi connectivity index (χ0n) is 10.2. The Hall–Kier alpha value is -1.60. The molecular formula is C11H11ClFN3O2S. The van der Waals surface area contributed by atoms with Crippen molar-refractivity contribution in [2.24, 2.45) is 0 Å². The highest BCUT2D eigenvalue weighted by molar-refractivity contribution is 7.92. The average molecular weight is 304 g/mol. The maximum atomic E-state index is 13.0. The molecule has 0 saturated carbocycles. The fraction of sp³-hybridized carbons (Fsp3) is 0.182. The van der Waals surface area contributed by atoms with Gasteiger partial charge >= 0.3 is 0 Å². The number of sulfonamides is 1. The monoisotopic (exact) mass is 303 g/mol. The number of benzene rings is 1. The zero-order valence-corrected chi connectivity index (χ0v) is 11.7. The van der Waals surface area contributed by atoms with Gasteiger partial charge < -0.3 is 0 Å². The van der Waals surface area contributed by atoms with Crippen molar-refractivity contribution in [1.29, 1.82) is 0 Å². The fourth-order valence-corrected chi connectivity index (χ4v) is 2.75. The number of nitrogens with zero attached hydrogens (tertiary/aromatic N) is 1. The zero-order chi connectivity index (χ0) is 14.2. The molecule has 0 aliphatic carbocycles. The number of hydrogen-bond acceptors (Lipinski definition) is 3. The van der Waals surface area contributed by atoms with Crippen LogP contribution in [0.5, 0.6) is 0 Å². The first-order chi connectivity index (χ1) is 8.81. The van der Waals surface area contributed by atoms with Gasteiger partial charge in [-0.1, -0.05) is 11.6 Å². The minimum Gasteiger partial charge on any atom is -0.280 e. The smallest absolute Gasteiger partial charge is 0.263 e. The first-order valence-electron chi connectivity index (χ1n) is 5.30. The minimum absolute atomic E-state index is 0.126. The van der Waals surface area contributed by atoms with E-state index in [0.29, 0.717) is 5.56 Å². The Morgan fingerprint density at radius 1 is 1.37 bits per heavy atom. The van der Waals surface area contributed by atoms with Crippen LogP contribution >= 0.6 is 11.6 Å². The summed E-state index contributed by atoms with van der Waals surface area (Å²) in [4.78, 5) is -0.126. The number of H-pyrrole nitrogens is 1. The number of hydrogen-bond donors (Lipinski definition) is 2. The summed E-state index contributed by atoms with van der Waals surface area (Å²) in [5, 5.41) is 6.26. The van der Waals surface area contributed by atoms with Crippen molar-refractivity contribution in [3.63, 3.8) is 0 Å². The highest BCUT2D eigenvalue weighted by Gasteiger charge is 2.18. The molecule has 0 unspecified atom stereocenters. The van der Waals surface area contributed by atoms with Gasteiger partial charge in [-0.15, -0.1) is 0 Å². The van der Waals surface area contributed by atoms with Crippen LogP contribution in [0.15, 0.2) is 23.1 Å². The maximum Gasteiger partial charge on any atom is 0.263 e. The lowest BCUT2D eigenvalue weighted by Gasteiger charge is -2.07. The van der Waals surface area contributed by atoms with Crippen molar-refractivity contribution in [2.75, 3.05) is 4.72 Å². The highest BCUT2D eigenvalue weighted by Crippen LogP contribution is 2.22. The van der Waals surface area contributed by atoms with E-state index in [0.717, 1.165) is 23.9 Å². The summed E-state index contributed by atoms with van der Waals surface area (Å²) < 4.78 is 39.5. The molecule has 102 valence electrons. The number of halogens is 2. The molecule has 0 aliphatic heterocycles. The molecule has 5 nitrogen and oxygen atoms in total. The fourth-order valence-electron chi connectivity index (χ4n) is 1.41. The molecule has 2 N–H and O–H groups in total. The number of rotatable bonds is 3. The van der Waals surface area contributed by atoms with E-state index in [-0.39, 0.29) is 15.7 Å². The Kier molecular flexibility index (Phi) is 3.51. The van der Waals surface area contributed by atoms with Gasteiger partial charge in [0.1, 0.15) is 5.82 Å². The molecular weight excluding hydrogens is 293 g/mol. The van der Waals surface area contributed by atoms with E-state index in [1.54, 1.807) is 13.8 Å². The summed E-state index contributed by atoms with van der Waals surface area (Å²) in [6, 6.07) is 3.19. The number of aryl methyl sites for hydroxylation is 1. The Balaban J connectivity index is 2.37. The first kappa shape index (κ1) is 13.8. The molecule has 0 fully saturated rings. The molecule has 1 aromatic heterocycles. The van der Waals surface area contributed by atoms with Crippen molar-refractivity contribution < 1.29 is 12.8 Å². The maximum absolute atomic E-state index is 13.0. The van der Waals surface area contributed by atoms with Gasteiger partial charge in [0.15, 0.2) is 5.82 Å². The van der Waals surface area contributed by atoms with Crippen molar-refractivity contribution >= 4 is 27.4 Å². The minimum atomic E-state index is -3.85. The lowest BCUT2D eigenvalue weighted by molar-refractivity contribution is 0.599. The lowest BCUT2D eigenvalue weighted by Crippen LogP contribution is -2.14. The Labute approximate surface area is 114 Å². The highest BCUT2D eigenvalue weighted by atomic mass is 35.5. The molecule has 1 aromatic carbocycles. The van der Waals surface area contributed by atoms with E-state index < -0.39 is 15.8 Å². The Morgan fingerprint density at radius 2 is 2.05 bits per heavy atom. The molecule has 0 atom stereocenters. The van der Waals surface area contributed by atoms with Gasteiger partial charge in [-0.05, 0) is 32.0 Å². The molecule has 0 aliphatic rings. The topological polar surface area (TPSA) is 74.8 Å². The van der Waals surface area contributed by atoms with E-state index in [1.807, 2.05) is 0 Å². The summed E-state index contributed by atoms with van der Waals surface area (Å²) in [5.74, 6) is -0.467. The summed E-state index contributed by atoms with van der Waals surface area (Å²) in [5.41, 5.74) is 1.45. The Bertz CT molecular complexity index is 728. The van der Waals surface area contributed by atoms with E-state index in [1.165, 1.54) is 0 Å². The molecule has 1 heterocycles. The molecule has 0 spiro atoms. The third-order valence-corrected chi connectivity index (χ3v) is 4.31. The van der Waals surface area contributed by atoms with Crippen LogP contribution in [0.2, 0.25) is 5.02 Å². The summed E-state index contributed by atoms with van der Waals surface area (Å²) in [7, 11) is -3.85. The van der Waals surface area contributed by atoms with E-state index in [2.05, 4.69) is 14.9 Å². The van der Waals surface area contributed by atoms with E-state index >= 15 is 0 Å². The number of anilines is 1. The second-order valence-electron chi connectivity index (χ2n) is 4.00. The number of aromatic nitrogens is 2. The van der Waals surface area contributed by atoms with Crippen LogP contribution in [0.4, 0.5) is 10.2 Å². The summed E-state index contributed by atoms with van der Waals surface area (Å²) >= 11 is 5.57. The summed E-state index contributed by atoms with van der Waals surface area (Å²) in [6.45, 7) is 3.50. The molecule has 2 aromatic rings. The van der Waals surface area contributed by atoms with E-state index in [4.69, 9.17) is 11.6 Å². The van der Waals surface area contributed by atoms with Crippen LogP contribution in [-0.4, -0.2) is 18.6 Å². The predicted molar refractivity (Wildman–Crippen MR) is 70.3 cm³/mol.